The second-order valence-electron chi connectivity index (χ2n) is 5.30. The molecule has 0 aromatic rings. The second-order valence-corrected chi connectivity index (χ2v) is 5.30. The Balaban J connectivity index is 2.01. The molecular weight excluding hydrogens is 160 g/mol. The first-order chi connectivity index (χ1) is 6.18. The van der Waals surface area contributed by atoms with Crippen LogP contribution >= 0.6 is 0 Å². The molecular formula is C12H17O. The number of rotatable bonds is 0. The average Bonchev–Trinajstić information content (AvgIpc) is 2.41. The van der Waals surface area contributed by atoms with E-state index in [-0.39, 0.29) is 5.41 Å². The first kappa shape index (κ1) is 8.05. The molecule has 13 heavy (non-hydrogen) atoms. The lowest BCUT2D eigenvalue weighted by Gasteiger charge is -2.62. The van der Waals surface area contributed by atoms with Gasteiger partial charge in [-0.05, 0) is 38.0 Å². The van der Waals surface area contributed by atoms with Gasteiger partial charge in [0.1, 0.15) is 5.60 Å². The Labute approximate surface area is 79.8 Å². The zero-order valence-corrected chi connectivity index (χ0v) is 8.25. The van der Waals surface area contributed by atoms with Crippen molar-refractivity contribution in [2.75, 3.05) is 0 Å². The molecule has 3 rings (SSSR count). The Bertz CT molecular complexity index is 270. The Morgan fingerprint density at radius 1 is 1.38 bits per heavy atom. The smallest absolute Gasteiger partial charge is 0.116 e. The lowest BCUT2D eigenvalue weighted by Crippen LogP contribution is -2.65. The normalized spacial score (nSPS) is 58.3. The van der Waals surface area contributed by atoms with E-state index in [2.05, 4.69) is 19.1 Å². The van der Waals surface area contributed by atoms with Gasteiger partial charge in [-0.1, -0.05) is 19.1 Å². The number of fused-ring (bicyclic) bond motifs is 4. The minimum absolute atomic E-state index is 0.155. The van der Waals surface area contributed by atoms with Crippen LogP contribution in [0.25, 0.3) is 0 Å². The molecule has 3 aliphatic carbocycles. The van der Waals surface area contributed by atoms with Gasteiger partial charge >= 0.3 is 0 Å². The molecule has 0 saturated heterocycles. The van der Waals surface area contributed by atoms with E-state index in [1.807, 2.05) is 0 Å². The lowest BCUT2D eigenvalue weighted by atomic mass is 9.44. The van der Waals surface area contributed by atoms with E-state index in [0.29, 0.717) is 5.92 Å². The van der Waals surface area contributed by atoms with Crippen LogP contribution in [0.15, 0.2) is 12.2 Å². The van der Waals surface area contributed by atoms with Crippen molar-refractivity contribution in [2.24, 2.45) is 17.3 Å². The van der Waals surface area contributed by atoms with Crippen LogP contribution in [0.2, 0.25) is 0 Å². The van der Waals surface area contributed by atoms with Gasteiger partial charge in [-0.25, -0.2) is 5.11 Å². The molecule has 0 spiro atoms. The minimum Gasteiger partial charge on any atom is -0.228 e. The zero-order valence-electron chi connectivity index (χ0n) is 8.25. The summed E-state index contributed by atoms with van der Waals surface area (Å²) in [4.78, 5) is 0. The monoisotopic (exact) mass is 177 g/mol. The van der Waals surface area contributed by atoms with E-state index >= 15 is 0 Å². The molecule has 2 fully saturated rings. The highest BCUT2D eigenvalue weighted by Gasteiger charge is 2.70. The van der Waals surface area contributed by atoms with Gasteiger partial charge in [-0.2, -0.15) is 0 Å². The summed E-state index contributed by atoms with van der Waals surface area (Å²) in [7, 11) is 0. The molecule has 0 heterocycles. The summed E-state index contributed by atoms with van der Waals surface area (Å²) in [5.74, 6) is 1.10. The van der Waals surface area contributed by atoms with Crippen molar-refractivity contribution in [1.29, 1.82) is 0 Å². The molecule has 4 atom stereocenters. The van der Waals surface area contributed by atoms with E-state index in [1.165, 1.54) is 25.7 Å². The molecule has 2 unspecified atom stereocenters. The maximum atomic E-state index is 12.6. The number of hydrogen-bond donors (Lipinski definition) is 0. The quantitative estimate of drug-likeness (QED) is 0.507. The third-order valence-electron chi connectivity index (χ3n) is 4.99. The van der Waals surface area contributed by atoms with Gasteiger partial charge in [-0.15, -0.1) is 0 Å². The molecule has 2 saturated carbocycles. The third-order valence-corrected chi connectivity index (χ3v) is 4.99. The van der Waals surface area contributed by atoms with E-state index in [4.69, 9.17) is 0 Å². The van der Waals surface area contributed by atoms with Crippen molar-refractivity contribution >= 4 is 0 Å². The molecule has 0 aliphatic heterocycles. The number of hydrogen-bond acceptors (Lipinski definition) is 0. The topological polar surface area (TPSA) is 19.9 Å². The molecule has 0 aromatic heterocycles. The number of allylic oxidation sites excluding steroid dienone is 1. The summed E-state index contributed by atoms with van der Waals surface area (Å²) in [6.07, 6.45) is 10.2. The van der Waals surface area contributed by atoms with Crippen molar-refractivity contribution < 1.29 is 5.11 Å². The van der Waals surface area contributed by atoms with Crippen LogP contribution in [-0.4, -0.2) is 5.60 Å². The minimum atomic E-state index is -0.575. The standard InChI is InChI=1S/C12H17O/c1-11-7-4-8-12(11,13)10-6-3-2-5-9(10)11/h3,6,9-10H,2,4-5,7-8H2,1H3/t9?,10?,11-,12-/m1/s1. The maximum Gasteiger partial charge on any atom is 0.116 e. The fraction of sp³-hybridized carbons (Fsp3) is 0.833. The van der Waals surface area contributed by atoms with Crippen LogP contribution in [0.5, 0.6) is 0 Å². The fourth-order valence-electron chi connectivity index (χ4n) is 4.19. The maximum absolute atomic E-state index is 12.6. The molecule has 0 bridgehead atoms. The summed E-state index contributed by atoms with van der Waals surface area (Å²) in [5.41, 5.74) is -0.420. The van der Waals surface area contributed by atoms with Crippen LogP contribution in [-0.2, 0) is 5.11 Å². The highest BCUT2D eigenvalue weighted by Crippen LogP contribution is 2.69. The summed E-state index contributed by atoms with van der Waals surface area (Å²) < 4.78 is 0. The predicted octanol–water partition coefficient (Wildman–Crippen LogP) is 2.94. The van der Waals surface area contributed by atoms with E-state index in [0.717, 1.165) is 12.3 Å². The molecule has 1 heteroatoms. The van der Waals surface area contributed by atoms with Crippen molar-refractivity contribution in [3.8, 4) is 0 Å². The van der Waals surface area contributed by atoms with Crippen LogP contribution in [0.4, 0.5) is 0 Å². The Morgan fingerprint density at radius 2 is 2.23 bits per heavy atom. The van der Waals surface area contributed by atoms with Gasteiger partial charge in [0, 0.05) is 11.3 Å². The van der Waals surface area contributed by atoms with Gasteiger partial charge < -0.3 is 0 Å². The van der Waals surface area contributed by atoms with Crippen LogP contribution < -0.4 is 0 Å². The fourth-order valence-corrected chi connectivity index (χ4v) is 4.19. The van der Waals surface area contributed by atoms with Crippen LogP contribution in [0, 0.1) is 17.3 Å². The SMILES string of the molecule is C[C@]12CCC[C@@]1([O])C1C=CCCC12. The van der Waals surface area contributed by atoms with Crippen LogP contribution in [0.1, 0.15) is 39.0 Å². The van der Waals surface area contributed by atoms with Gasteiger partial charge in [0.25, 0.3) is 0 Å². The first-order valence-corrected chi connectivity index (χ1v) is 5.56. The molecule has 0 N–H and O–H groups in total. The van der Waals surface area contributed by atoms with Crippen molar-refractivity contribution in [3.63, 3.8) is 0 Å². The summed E-state index contributed by atoms with van der Waals surface area (Å²) in [6, 6.07) is 0. The van der Waals surface area contributed by atoms with Gasteiger partial charge in [-0.3, -0.25) is 0 Å². The van der Waals surface area contributed by atoms with Gasteiger partial charge in [0.05, 0.1) is 0 Å². The van der Waals surface area contributed by atoms with E-state index in [9.17, 15) is 5.11 Å². The molecule has 1 nitrogen and oxygen atoms in total. The van der Waals surface area contributed by atoms with Crippen LogP contribution in [0.3, 0.4) is 0 Å². The molecule has 0 aromatic carbocycles. The summed E-state index contributed by atoms with van der Waals surface area (Å²) >= 11 is 0. The Hall–Kier alpha value is -0.300. The van der Waals surface area contributed by atoms with Crippen molar-refractivity contribution in [3.05, 3.63) is 12.2 Å². The second kappa shape index (κ2) is 2.20. The van der Waals surface area contributed by atoms with Gasteiger partial charge in [0.15, 0.2) is 0 Å². The lowest BCUT2D eigenvalue weighted by molar-refractivity contribution is -0.256. The predicted molar refractivity (Wildman–Crippen MR) is 50.7 cm³/mol. The molecule has 0 amide bonds. The van der Waals surface area contributed by atoms with E-state index in [1.54, 1.807) is 0 Å². The first-order valence-electron chi connectivity index (χ1n) is 5.56. The summed E-state index contributed by atoms with van der Waals surface area (Å²) in [5, 5.41) is 12.6. The van der Waals surface area contributed by atoms with E-state index < -0.39 is 5.60 Å². The average molecular weight is 177 g/mol. The summed E-state index contributed by atoms with van der Waals surface area (Å²) in [6.45, 7) is 2.24. The van der Waals surface area contributed by atoms with Crippen molar-refractivity contribution in [2.45, 2.75) is 44.6 Å². The van der Waals surface area contributed by atoms with Crippen molar-refractivity contribution in [1.82, 2.24) is 0 Å². The Morgan fingerprint density at radius 3 is 3.08 bits per heavy atom. The highest BCUT2D eigenvalue weighted by atomic mass is 16.3. The van der Waals surface area contributed by atoms with Gasteiger partial charge in [0.2, 0.25) is 0 Å². The Kier molecular flexibility index (Phi) is 1.36. The molecule has 3 aliphatic rings. The molecule has 1 radical (unpaired) electrons. The largest absolute Gasteiger partial charge is 0.228 e. The zero-order chi connectivity index (χ0) is 9.10. The highest BCUT2D eigenvalue weighted by molar-refractivity contribution is 5.25. The molecule has 71 valence electrons. The third kappa shape index (κ3) is 0.698.